The average molecular weight is 486 g/mol. The van der Waals surface area contributed by atoms with Gasteiger partial charge in [0.1, 0.15) is 5.82 Å². The molecule has 11 heteroatoms. The van der Waals surface area contributed by atoms with Gasteiger partial charge in [0.15, 0.2) is 0 Å². The van der Waals surface area contributed by atoms with Crippen LogP contribution < -0.4 is 11.2 Å². The van der Waals surface area contributed by atoms with E-state index >= 15 is 0 Å². The number of hydrogen-bond donors (Lipinski definition) is 0. The van der Waals surface area contributed by atoms with Crippen molar-refractivity contribution in [3.8, 4) is 5.69 Å². The second-order valence-corrected chi connectivity index (χ2v) is 8.24. The molecule has 9 nitrogen and oxygen atoms in total. The molecule has 1 aromatic heterocycles. The van der Waals surface area contributed by atoms with Crippen LogP contribution in [-0.4, -0.2) is 62.1 Å². The molecule has 0 N–H and O–H groups in total. The molecule has 4 rings (SSSR count). The van der Waals surface area contributed by atoms with Crippen LogP contribution in [0.4, 0.5) is 4.39 Å². The number of hydrogen-bond acceptors (Lipinski definition) is 5. The summed E-state index contributed by atoms with van der Waals surface area (Å²) in [4.78, 5) is 54.3. The smallest absolute Gasteiger partial charge is 0.339 e. The summed E-state index contributed by atoms with van der Waals surface area (Å²) in [5.74, 6) is -1.36. The lowest BCUT2D eigenvalue weighted by Crippen LogP contribution is -2.52. The fraction of sp³-hybridized carbons (Fsp3) is 0.261. The van der Waals surface area contributed by atoms with Gasteiger partial charge in [0, 0.05) is 43.7 Å². The predicted octanol–water partition coefficient (Wildman–Crippen LogP) is 1.54. The SMILES string of the molecule is CC(=O)N1CCN(C(=O)c2nn(-c3ccc(Cl)cc3)c(=O)n(Cc3ccccc3F)c2=O)CC1. The Morgan fingerprint density at radius 2 is 1.59 bits per heavy atom. The fourth-order valence-electron chi connectivity index (χ4n) is 3.71. The molecule has 1 aliphatic rings. The highest BCUT2D eigenvalue weighted by molar-refractivity contribution is 6.30. The Labute approximate surface area is 198 Å². The summed E-state index contributed by atoms with van der Waals surface area (Å²) in [6.07, 6.45) is 0. The zero-order valence-corrected chi connectivity index (χ0v) is 19.0. The van der Waals surface area contributed by atoms with E-state index < -0.39 is 28.7 Å². The molecule has 1 saturated heterocycles. The summed E-state index contributed by atoms with van der Waals surface area (Å²) in [5.41, 5.74) is -1.82. The molecule has 0 spiro atoms. The molecule has 2 heterocycles. The van der Waals surface area contributed by atoms with Crippen molar-refractivity contribution in [3.05, 3.63) is 91.5 Å². The van der Waals surface area contributed by atoms with Crippen LogP contribution in [0.15, 0.2) is 58.1 Å². The van der Waals surface area contributed by atoms with Gasteiger partial charge in [0.2, 0.25) is 11.6 Å². The molecular formula is C23H21ClFN5O4. The summed E-state index contributed by atoms with van der Waals surface area (Å²) in [6, 6.07) is 11.9. The maximum Gasteiger partial charge on any atom is 0.352 e. The van der Waals surface area contributed by atoms with Crippen molar-refractivity contribution >= 4 is 23.4 Å². The predicted molar refractivity (Wildman–Crippen MR) is 123 cm³/mol. The fourth-order valence-corrected chi connectivity index (χ4v) is 3.84. The highest BCUT2D eigenvalue weighted by Crippen LogP contribution is 2.12. The lowest BCUT2D eigenvalue weighted by molar-refractivity contribution is -0.130. The van der Waals surface area contributed by atoms with Crippen LogP contribution >= 0.6 is 11.6 Å². The molecular weight excluding hydrogens is 465 g/mol. The molecule has 1 aliphatic heterocycles. The van der Waals surface area contributed by atoms with Crippen LogP contribution in [0.3, 0.4) is 0 Å². The molecule has 176 valence electrons. The first-order valence-electron chi connectivity index (χ1n) is 10.5. The summed E-state index contributed by atoms with van der Waals surface area (Å²) in [6.45, 7) is 2.14. The van der Waals surface area contributed by atoms with E-state index in [1.807, 2.05) is 0 Å². The zero-order chi connectivity index (χ0) is 24.4. The van der Waals surface area contributed by atoms with Gasteiger partial charge < -0.3 is 9.80 Å². The van der Waals surface area contributed by atoms with E-state index in [0.29, 0.717) is 18.1 Å². The Bertz CT molecular complexity index is 1360. The van der Waals surface area contributed by atoms with E-state index in [1.54, 1.807) is 23.1 Å². The molecule has 0 atom stereocenters. The van der Waals surface area contributed by atoms with E-state index in [9.17, 15) is 23.6 Å². The van der Waals surface area contributed by atoms with Gasteiger partial charge in [-0.1, -0.05) is 29.8 Å². The Morgan fingerprint density at radius 1 is 0.971 bits per heavy atom. The summed E-state index contributed by atoms with van der Waals surface area (Å²) >= 11 is 5.94. The number of carbonyl (C=O) groups excluding carboxylic acids is 2. The molecule has 1 fully saturated rings. The molecule has 34 heavy (non-hydrogen) atoms. The molecule has 2 amide bonds. The molecule has 0 radical (unpaired) electrons. The Balaban J connectivity index is 1.80. The summed E-state index contributed by atoms with van der Waals surface area (Å²) in [5, 5.41) is 4.51. The number of carbonyl (C=O) groups is 2. The lowest BCUT2D eigenvalue weighted by atomic mass is 10.2. The maximum atomic E-state index is 14.3. The molecule has 0 aliphatic carbocycles. The number of amides is 2. The second-order valence-electron chi connectivity index (χ2n) is 7.80. The van der Waals surface area contributed by atoms with E-state index in [2.05, 4.69) is 5.10 Å². The van der Waals surface area contributed by atoms with Crippen LogP contribution in [0.25, 0.3) is 5.69 Å². The van der Waals surface area contributed by atoms with Gasteiger partial charge >= 0.3 is 5.69 Å². The number of benzene rings is 2. The number of aromatic nitrogens is 3. The van der Waals surface area contributed by atoms with Crippen LogP contribution in [0.1, 0.15) is 23.0 Å². The first kappa shape index (κ1) is 23.4. The lowest BCUT2D eigenvalue weighted by Gasteiger charge is -2.33. The number of piperazine rings is 1. The van der Waals surface area contributed by atoms with Crippen molar-refractivity contribution in [1.82, 2.24) is 24.1 Å². The Hall–Kier alpha value is -3.79. The minimum Gasteiger partial charge on any atom is -0.339 e. The van der Waals surface area contributed by atoms with Crippen molar-refractivity contribution in [3.63, 3.8) is 0 Å². The maximum absolute atomic E-state index is 14.3. The third kappa shape index (κ3) is 4.62. The van der Waals surface area contributed by atoms with Gasteiger partial charge in [-0.3, -0.25) is 19.0 Å². The van der Waals surface area contributed by atoms with Gasteiger partial charge in [-0.25, -0.2) is 9.18 Å². The summed E-state index contributed by atoms with van der Waals surface area (Å²) < 4.78 is 16.0. The van der Waals surface area contributed by atoms with Crippen molar-refractivity contribution in [2.75, 3.05) is 26.2 Å². The number of halogens is 2. The minimum atomic E-state index is -0.919. The van der Waals surface area contributed by atoms with Gasteiger partial charge in [0.25, 0.3) is 11.5 Å². The Kier molecular flexibility index (Phi) is 6.60. The van der Waals surface area contributed by atoms with Crippen molar-refractivity contribution in [1.29, 1.82) is 0 Å². The first-order chi connectivity index (χ1) is 16.3. The molecule has 0 unspecified atom stereocenters. The van der Waals surface area contributed by atoms with Crippen molar-refractivity contribution < 1.29 is 14.0 Å². The monoisotopic (exact) mass is 485 g/mol. The van der Waals surface area contributed by atoms with Crippen LogP contribution in [0.5, 0.6) is 0 Å². The normalized spacial score (nSPS) is 13.7. The first-order valence-corrected chi connectivity index (χ1v) is 10.9. The van der Waals surface area contributed by atoms with Gasteiger partial charge in [-0.2, -0.15) is 9.78 Å². The topological polar surface area (TPSA) is 97.5 Å². The van der Waals surface area contributed by atoms with Crippen LogP contribution in [0.2, 0.25) is 5.02 Å². The molecule has 0 saturated carbocycles. The van der Waals surface area contributed by atoms with E-state index in [-0.39, 0.29) is 36.8 Å². The van der Waals surface area contributed by atoms with Crippen molar-refractivity contribution in [2.24, 2.45) is 0 Å². The van der Waals surface area contributed by atoms with E-state index in [1.165, 1.54) is 42.2 Å². The van der Waals surface area contributed by atoms with Crippen LogP contribution in [-0.2, 0) is 11.3 Å². The van der Waals surface area contributed by atoms with Gasteiger partial charge in [-0.05, 0) is 30.3 Å². The highest BCUT2D eigenvalue weighted by Gasteiger charge is 2.28. The number of nitrogens with zero attached hydrogens (tertiary/aromatic N) is 5. The largest absolute Gasteiger partial charge is 0.352 e. The average Bonchev–Trinajstić information content (AvgIpc) is 2.83. The zero-order valence-electron chi connectivity index (χ0n) is 18.3. The van der Waals surface area contributed by atoms with Crippen LogP contribution in [0, 0.1) is 5.82 Å². The minimum absolute atomic E-state index is 0.103. The quantitative estimate of drug-likeness (QED) is 0.558. The Morgan fingerprint density at radius 3 is 2.21 bits per heavy atom. The molecule has 0 bridgehead atoms. The standard InChI is InChI=1S/C23H21ClFN5O4/c1-15(31)27-10-12-28(13-11-27)21(32)20-22(33)29(14-16-4-2-3-5-19(16)25)23(34)30(26-20)18-8-6-17(24)7-9-18/h2-9H,10-14H2,1H3. The summed E-state index contributed by atoms with van der Waals surface area (Å²) in [7, 11) is 0. The number of rotatable bonds is 4. The third-order valence-corrected chi connectivity index (χ3v) is 5.88. The molecule has 3 aromatic rings. The second kappa shape index (κ2) is 9.60. The van der Waals surface area contributed by atoms with E-state index in [4.69, 9.17) is 11.6 Å². The van der Waals surface area contributed by atoms with E-state index in [0.717, 1.165) is 9.25 Å². The third-order valence-electron chi connectivity index (χ3n) is 5.63. The van der Waals surface area contributed by atoms with Gasteiger partial charge in [-0.15, -0.1) is 0 Å². The van der Waals surface area contributed by atoms with Crippen molar-refractivity contribution in [2.45, 2.75) is 13.5 Å². The highest BCUT2D eigenvalue weighted by atomic mass is 35.5. The van der Waals surface area contributed by atoms with Gasteiger partial charge in [0.05, 0.1) is 12.2 Å². The molecule has 2 aromatic carbocycles.